The van der Waals surface area contributed by atoms with E-state index in [1.807, 2.05) is 18.2 Å². The lowest BCUT2D eigenvalue weighted by Crippen LogP contribution is -2.39. The van der Waals surface area contributed by atoms with Crippen molar-refractivity contribution in [3.8, 4) is 17.6 Å². The zero-order valence-corrected chi connectivity index (χ0v) is 23.2. The maximum absolute atomic E-state index is 12.6. The molecule has 1 aliphatic heterocycles. The van der Waals surface area contributed by atoms with Gasteiger partial charge in [-0.3, -0.25) is 0 Å². The van der Waals surface area contributed by atoms with Crippen LogP contribution in [0.15, 0.2) is 66.7 Å². The molecule has 0 amide bonds. The van der Waals surface area contributed by atoms with E-state index in [-0.39, 0.29) is 5.97 Å². The van der Waals surface area contributed by atoms with E-state index in [9.17, 15) is 4.79 Å². The number of nitrogens with zero attached hydrogens (tertiary/aromatic N) is 1. The number of benzene rings is 3. The Morgan fingerprint density at radius 2 is 1.42 bits per heavy atom. The van der Waals surface area contributed by atoms with E-state index < -0.39 is 5.79 Å². The Morgan fingerprint density at radius 1 is 0.763 bits per heavy atom. The van der Waals surface area contributed by atoms with Crippen molar-refractivity contribution in [2.75, 3.05) is 11.4 Å². The number of anilines is 1. The van der Waals surface area contributed by atoms with Gasteiger partial charge in [0.1, 0.15) is 11.3 Å². The largest absolute Gasteiger partial charge is 0.452 e. The molecule has 0 bridgehead atoms. The summed E-state index contributed by atoms with van der Waals surface area (Å²) in [6.45, 7) is 9.58. The maximum atomic E-state index is 12.6. The first-order chi connectivity index (χ1) is 18.4. The lowest BCUT2D eigenvalue weighted by atomic mass is 10.1. The van der Waals surface area contributed by atoms with Crippen molar-refractivity contribution in [2.45, 2.75) is 78.6 Å². The molecule has 0 aromatic heterocycles. The average molecular weight is 510 g/mol. The summed E-state index contributed by atoms with van der Waals surface area (Å²) in [5.74, 6) is 5.85. The Bertz CT molecular complexity index is 1280. The molecule has 0 saturated carbocycles. The molecule has 0 fully saturated rings. The van der Waals surface area contributed by atoms with Crippen LogP contribution in [0, 0.1) is 11.8 Å². The summed E-state index contributed by atoms with van der Waals surface area (Å²) >= 11 is 0. The summed E-state index contributed by atoms with van der Waals surface area (Å²) in [5, 5.41) is 0. The van der Waals surface area contributed by atoms with Gasteiger partial charge < -0.3 is 14.4 Å². The minimum absolute atomic E-state index is 0.341. The van der Waals surface area contributed by atoms with Gasteiger partial charge in [-0.05, 0) is 66.4 Å². The fourth-order valence-corrected chi connectivity index (χ4v) is 4.66. The van der Waals surface area contributed by atoms with Crippen LogP contribution in [0.3, 0.4) is 0 Å². The van der Waals surface area contributed by atoms with Crippen LogP contribution >= 0.6 is 0 Å². The van der Waals surface area contributed by atoms with Gasteiger partial charge in [-0.15, -0.1) is 0 Å². The van der Waals surface area contributed by atoms with Gasteiger partial charge in [-0.2, -0.15) is 0 Å². The molecule has 38 heavy (non-hydrogen) atoms. The molecule has 0 atom stereocenters. The predicted octanol–water partition coefficient (Wildman–Crippen LogP) is 7.91. The molecule has 1 heterocycles. The molecule has 3 aromatic carbocycles. The zero-order valence-electron chi connectivity index (χ0n) is 23.2. The van der Waals surface area contributed by atoms with Crippen LogP contribution in [0.5, 0.6) is 5.75 Å². The molecule has 0 radical (unpaired) electrons. The van der Waals surface area contributed by atoms with Crippen LogP contribution < -0.4 is 9.64 Å². The monoisotopic (exact) mass is 509 g/mol. The van der Waals surface area contributed by atoms with Gasteiger partial charge in [0.25, 0.3) is 0 Å². The van der Waals surface area contributed by atoms with Crippen LogP contribution in [-0.2, 0) is 17.7 Å². The second-order valence-corrected chi connectivity index (χ2v) is 10.4. The van der Waals surface area contributed by atoms with Gasteiger partial charge in [-0.1, -0.05) is 75.6 Å². The summed E-state index contributed by atoms with van der Waals surface area (Å²) in [6.07, 6.45) is 6.96. The molecule has 1 aliphatic rings. The lowest BCUT2D eigenvalue weighted by Gasteiger charge is -2.33. The van der Waals surface area contributed by atoms with Crippen molar-refractivity contribution >= 4 is 11.7 Å². The van der Waals surface area contributed by atoms with Gasteiger partial charge in [0.15, 0.2) is 0 Å². The smallest absolute Gasteiger partial charge is 0.345 e. The van der Waals surface area contributed by atoms with E-state index >= 15 is 0 Å². The van der Waals surface area contributed by atoms with Crippen LogP contribution in [0.2, 0.25) is 0 Å². The molecule has 0 spiro atoms. The van der Waals surface area contributed by atoms with Crippen molar-refractivity contribution in [3.05, 3.63) is 94.5 Å². The Balaban J connectivity index is 1.48. The SMILES string of the molecule is CCCCCCN(Cc1ccc(C#Cc2ccc(CCC)cc2)cc1)c1ccc2c(c1)C(=O)OC(C)(C)O2. The normalized spacial score (nSPS) is 13.5. The first-order valence-electron chi connectivity index (χ1n) is 13.9. The molecule has 4 heteroatoms. The van der Waals surface area contributed by atoms with Crippen LogP contribution in [0.25, 0.3) is 0 Å². The molecule has 0 unspecified atom stereocenters. The van der Waals surface area contributed by atoms with Crippen molar-refractivity contribution in [1.29, 1.82) is 0 Å². The second-order valence-electron chi connectivity index (χ2n) is 10.4. The number of aryl methyl sites for hydroxylation is 1. The van der Waals surface area contributed by atoms with Crippen molar-refractivity contribution in [3.63, 3.8) is 0 Å². The number of cyclic esters (lactones) is 1. The third kappa shape index (κ3) is 7.42. The first-order valence-corrected chi connectivity index (χ1v) is 13.9. The number of hydrogen-bond donors (Lipinski definition) is 0. The molecule has 3 aromatic rings. The van der Waals surface area contributed by atoms with E-state index in [1.165, 1.54) is 30.4 Å². The summed E-state index contributed by atoms with van der Waals surface area (Å²) in [6, 6.07) is 22.8. The third-order valence-corrected chi connectivity index (χ3v) is 6.70. The van der Waals surface area contributed by atoms with Crippen molar-refractivity contribution < 1.29 is 14.3 Å². The number of hydrogen-bond acceptors (Lipinski definition) is 4. The van der Waals surface area contributed by atoms with E-state index in [2.05, 4.69) is 79.1 Å². The average Bonchev–Trinajstić information content (AvgIpc) is 2.90. The van der Waals surface area contributed by atoms with Crippen molar-refractivity contribution in [1.82, 2.24) is 0 Å². The number of carbonyl (C=O) groups excluding carboxylic acids is 1. The molecule has 0 N–H and O–H groups in total. The number of unbranched alkanes of at least 4 members (excludes halogenated alkanes) is 3. The highest BCUT2D eigenvalue weighted by atomic mass is 16.7. The highest BCUT2D eigenvalue weighted by molar-refractivity contribution is 5.94. The van der Waals surface area contributed by atoms with E-state index in [0.717, 1.165) is 49.2 Å². The standard InChI is InChI=1S/C34H39NO3/c1-5-7-8-9-23-35(30-21-22-32-31(24-30)33(36)38-34(3,4)37-32)25-29-19-17-28(18-20-29)16-15-27-13-11-26(10-6-2)12-14-27/h11-14,17-22,24H,5-10,23,25H2,1-4H3. The van der Waals surface area contributed by atoms with Gasteiger partial charge in [0.05, 0.1) is 0 Å². The van der Waals surface area contributed by atoms with Gasteiger partial charge >= 0.3 is 5.97 Å². The summed E-state index contributed by atoms with van der Waals surface area (Å²) in [7, 11) is 0. The van der Waals surface area contributed by atoms with E-state index in [1.54, 1.807) is 13.8 Å². The van der Waals surface area contributed by atoms with Crippen LogP contribution in [0.1, 0.15) is 92.4 Å². The fraction of sp³-hybridized carbons (Fsp3) is 0.382. The Labute approximate surface area is 228 Å². The number of carbonyl (C=O) groups is 1. The van der Waals surface area contributed by atoms with Crippen LogP contribution in [0.4, 0.5) is 5.69 Å². The molecular formula is C34H39NO3. The minimum atomic E-state index is -0.950. The lowest BCUT2D eigenvalue weighted by molar-refractivity contribution is -0.127. The molecular weight excluding hydrogens is 470 g/mol. The summed E-state index contributed by atoms with van der Waals surface area (Å²) in [5.41, 5.74) is 6.06. The fourth-order valence-electron chi connectivity index (χ4n) is 4.66. The quantitative estimate of drug-likeness (QED) is 0.158. The number of rotatable bonds is 10. The zero-order chi connectivity index (χ0) is 27.0. The maximum Gasteiger partial charge on any atom is 0.345 e. The highest BCUT2D eigenvalue weighted by Gasteiger charge is 2.34. The number of ether oxygens (including phenoxy) is 2. The van der Waals surface area contributed by atoms with Gasteiger partial charge in [0.2, 0.25) is 5.79 Å². The molecule has 0 saturated heterocycles. The highest BCUT2D eigenvalue weighted by Crippen LogP contribution is 2.34. The Morgan fingerprint density at radius 3 is 2.05 bits per heavy atom. The summed E-state index contributed by atoms with van der Waals surface area (Å²) in [4.78, 5) is 15.0. The van der Waals surface area contributed by atoms with Crippen LogP contribution in [-0.4, -0.2) is 18.3 Å². The Kier molecular flexibility index (Phi) is 9.13. The van der Waals surface area contributed by atoms with Gasteiger partial charge in [-0.25, -0.2) is 4.79 Å². The second kappa shape index (κ2) is 12.7. The number of esters is 1. The number of fused-ring (bicyclic) bond motifs is 1. The van der Waals surface area contributed by atoms with E-state index in [4.69, 9.17) is 9.47 Å². The van der Waals surface area contributed by atoms with E-state index in [0.29, 0.717) is 11.3 Å². The molecule has 4 rings (SSSR count). The molecule has 0 aliphatic carbocycles. The first kappa shape index (κ1) is 27.3. The van der Waals surface area contributed by atoms with Gasteiger partial charge in [0, 0.05) is 43.8 Å². The third-order valence-electron chi connectivity index (χ3n) is 6.70. The van der Waals surface area contributed by atoms with Crippen molar-refractivity contribution in [2.24, 2.45) is 0 Å². The minimum Gasteiger partial charge on any atom is -0.452 e. The molecule has 198 valence electrons. The predicted molar refractivity (Wildman–Crippen MR) is 155 cm³/mol. The molecule has 4 nitrogen and oxygen atoms in total. The Hall–Kier alpha value is -3.71. The summed E-state index contributed by atoms with van der Waals surface area (Å²) < 4.78 is 11.3. The topological polar surface area (TPSA) is 38.8 Å².